The van der Waals surface area contributed by atoms with Gasteiger partial charge < -0.3 is 16.0 Å². The summed E-state index contributed by atoms with van der Waals surface area (Å²) in [5.41, 5.74) is 6.85. The van der Waals surface area contributed by atoms with Gasteiger partial charge in [-0.1, -0.05) is 30.3 Å². The molecule has 1 unspecified atom stereocenters. The van der Waals surface area contributed by atoms with E-state index in [0.717, 1.165) is 24.8 Å². The average Bonchev–Trinajstić information content (AvgIpc) is 3.09. The van der Waals surface area contributed by atoms with Gasteiger partial charge in [-0.2, -0.15) is 5.10 Å². The van der Waals surface area contributed by atoms with E-state index < -0.39 is 6.03 Å². The number of aromatic nitrogens is 2. The number of primary amides is 1. The number of hydrogen-bond acceptors (Lipinski definition) is 3. The Bertz CT molecular complexity index is 728. The van der Waals surface area contributed by atoms with Crippen molar-refractivity contribution < 1.29 is 9.59 Å². The van der Waals surface area contributed by atoms with Crippen LogP contribution in [0.2, 0.25) is 0 Å². The van der Waals surface area contributed by atoms with Crippen molar-refractivity contribution in [3.8, 4) is 0 Å². The summed E-state index contributed by atoms with van der Waals surface area (Å²) >= 11 is 0. The molecular weight excluding hydrogens is 318 g/mol. The number of amides is 3. The van der Waals surface area contributed by atoms with E-state index in [0.29, 0.717) is 25.2 Å². The molecule has 0 saturated carbocycles. The summed E-state index contributed by atoms with van der Waals surface area (Å²) in [6.45, 7) is 1.70. The molecule has 1 saturated heterocycles. The molecule has 0 aliphatic carbocycles. The SMILES string of the molecule is NC(=O)NCC1CCCCN1C(=O)c1cnn(Cc2ccccc2)c1. The van der Waals surface area contributed by atoms with Crippen LogP contribution in [-0.4, -0.2) is 45.8 Å². The van der Waals surface area contributed by atoms with E-state index in [-0.39, 0.29) is 11.9 Å². The first-order valence-electron chi connectivity index (χ1n) is 8.54. The van der Waals surface area contributed by atoms with Crippen LogP contribution in [0, 0.1) is 0 Å². The fourth-order valence-corrected chi connectivity index (χ4v) is 3.20. The van der Waals surface area contributed by atoms with Crippen LogP contribution in [0.1, 0.15) is 35.2 Å². The van der Waals surface area contributed by atoms with Crippen LogP contribution in [0.15, 0.2) is 42.7 Å². The Morgan fingerprint density at radius 3 is 2.80 bits per heavy atom. The molecule has 1 atom stereocenters. The lowest BCUT2D eigenvalue weighted by atomic mass is 10.0. The topological polar surface area (TPSA) is 93.2 Å². The van der Waals surface area contributed by atoms with Crippen molar-refractivity contribution >= 4 is 11.9 Å². The second kappa shape index (κ2) is 7.83. The molecule has 2 heterocycles. The number of hydrogen-bond donors (Lipinski definition) is 2. The zero-order chi connectivity index (χ0) is 17.6. The van der Waals surface area contributed by atoms with E-state index in [4.69, 9.17) is 5.73 Å². The van der Waals surface area contributed by atoms with Crippen LogP contribution >= 0.6 is 0 Å². The number of nitrogens with one attached hydrogen (secondary N) is 1. The van der Waals surface area contributed by atoms with Crippen molar-refractivity contribution in [3.63, 3.8) is 0 Å². The second-order valence-electron chi connectivity index (χ2n) is 6.31. The predicted molar refractivity (Wildman–Crippen MR) is 94.0 cm³/mol. The van der Waals surface area contributed by atoms with Crippen LogP contribution < -0.4 is 11.1 Å². The molecule has 3 amide bonds. The minimum atomic E-state index is -0.561. The summed E-state index contributed by atoms with van der Waals surface area (Å²) in [5, 5.41) is 6.92. The molecule has 2 aromatic rings. The maximum absolute atomic E-state index is 12.8. The number of carbonyl (C=O) groups excluding carboxylic acids is 2. The van der Waals surface area contributed by atoms with E-state index in [1.54, 1.807) is 17.1 Å². The molecular formula is C18H23N5O2. The molecule has 7 nitrogen and oxygen atoms in total. The lowest BCUT2D eigenvalue weighted by molar-refractivity contribution is 0.0615. The predicted octanol–water partition coefficient (Wildman–Crippen LogP) is 1.59. The normalized spacial score (nSPS) is 17.3. The zero-order valence-electron chi connectivity index (χ0n) is 14.1. The van der Waals surface area contributed by atoms with Crippen molar-refractivity contribution in [1.29, 1.82) is 0 Å². The van der Waals surface area contributed by atoms with E-state index >= 15 is 0 Å². The smallest absolute Gasteiger partial charge is 0.312 e. The van der Waals surface area contributed by atoms with Gasteiger partial charge in [-0.05, 0) is 24.8 Å². The highest BCUT2D eigenvalue weighted by Gasteiger charge is 2.28. The minimum Gasteiger partial charge on any atom is -0.352 e. The van der Waals surface area contributed by atoms with Crippen LogP contribution in [0.4, 0.5) is 4.79 Å². The van der Waals surface area contributed by atoms with Crippen molar-refractivity contribution in [2.75, 3.05) is 13.1 Å². The van der Waals surface area contributed by atoms with Crippen LogP contribution in [0.25, 0.3) is 0 Å². The first kappa shape index (κ1) is 17.0. The van der Waals surface area contributed by atoms with Crippen molar-refractivity contribution in [2.24, 2.45) is 5.73 Å². The Hall–Kier alpha value is -2.83. The molecule has 0 radical (unpaired) electrons. The first-order chi connectivity index (χ1) is 12.1. The Morgan fingerprint density at radius 1 is 1.24 bits per heavy atom. The number of likely N-dealkylation sites (tertiary alicyclic amines) is 1. The van der Waals surface area contributed by atoms with Gasteiger partial charge in [0.1, 0.15) is 0 Å². The maximum atomic E-state index is 12.8. The number of benzene rings is 1. The van der Waals surface area contributed by atoms with Crippen molar-refractivity contribution in [2.45, 2.75) is 31.8 Å². The number of urea groups is 1. The van der Waals surface area contributed by atoms with Gasteiger partial charge in [0.15, 0.2) is 0 Å². The molecule has 3 N–H and O–H groups in total. The first-order valence-corrected chi connectivity index (χ1v) is 8.54. The number of rotatable bonds is 5. The van der Waals surface area contributed by atoms with Crippen molar-refractivity contribution in [3.05, 3.63) is 53.9 Å². The summed E-state index contributed by atoms with van der Waals surface area (Å²) in [4.78, 5) is 25.6. The highest BCUT2D eigenvalue weighted by Crippen LogP contribution is 2.19. The number of piperidine rings is 1. The van der Waals surface area contributed by atoms with Gasteiger partial charge in [-0.15, -0.1) is 0 Å². The zero-order valence-corrected chi connectivity index (χ0v) is 14.1. The highest BCUT2D eigenvalue weighted by atomic mass is 16.2. The third-order valence-corrected chi connectivity index (χ3v) is 4.47. The molecule has 0 bridgehead atoms. The van der Waals surface area contributed by atoms with Gasteiger partial charge in [-0.25, -0.2) is 4.79 Å². The molecule has 1 aromatic carbocycles. The fraction of sp³-hybridized carbons (Fsp3) is 0.389. The van der Waals surface area contributed by atoms with Crippen LogP contribution in [0.3, 0.4) is 0 Å². The molecule has 1 aliphatic rings. The number of nitrogens with two attached hydrogens (primary N) is 1. The van der Waals surface area contributed by atoms with E-state index in [2.05, 4.69) is 10.4 Å². The summed E-state index contributed by atoms with van der Waals surface area (Å²) in [7, 11) is 0. The standard InChI is InChI=1S/C18H23N5O2/c19-18(25)20-11-16-8-4-5-9-23(16)17(24)15-10-21-22(13-15)12-14-6-2-1-3-7-14/h1-3,6-7,10,13,16H,4-5,8-9,11-12H2,(H3,19,20,25). The number of carbonyl (C=O) groups is 2. The van der Waals surface area contributed by atoms with E-state index in [9.17, 15) is 9.59 Å². The molecule has 1 fully saturated rings. The second-order valence-corrected chi connectivity index (χ2v) is 6.31. The molecule has 1 aromatic heterocycles. The summed E-state index contributed by atoms with van der Waals surface area (Å²) in [6, 6.07) is 9.40. The third-order valence-electron chi connectivity index (χ3n) is 4.47. The van der Waals surface area contributed by atoms with Crippen LogP contribution in [-0.2, 0) is 6.54 Å². The van der Waals surface area contributed by atoms with Gasteiger partial charge in [0.05, 0.1) is 18.3 Å². The molecule has 3 rings (SSSR count). The van der Waals surface area contributed by atoms with E-state index in [1.165, 1.54) is 0 Å². The van der Waals surface area contributed by atoms with Crippen molar-refractivity contribution in [1.82, 2.24) is 20.0 Å². The Kier molecular flexibility index (Phi) is 5.33. The Labute approximate surface area is 146 Å². The quantitative estimate of drug-likeness (QED) is 0.865. The monoisotopic (exact) mass is 341 g/mol. The van der Waals surface area contributed by atoms with E-state index in [1.807, 2.05) is 35.2 Å². The third kappa shape index (κ3) is 4.37. The van der Waals surface area contributed by atoms with Gasteiger partial charge >= 0.3 is 6.03 Å². The number of nitrogens with zero attached hydrogens (tertiary/aromatic N) is 3. The van der Waals surface area contributed by atoms with Crippen LogP contribution in [0.5, 0.6) is 0 Å². The molecule has 25 heavy (non-hydrogen) atoms. The summed E-state index contributed by atoms with van der Waals surface area (Å²) in [5.74, 6) is -0.0460. The largest absolute Gasteiger partial charge is 0.352 e. The van der Waals surface area contributed by atoms with Gasteiger partial charge in [0.25, 0.3) is 5.91 Å². The molecule has 0 spiro atoms. The van der Waals surface area contributed by atoms with Gasteiger partial charge in [0.2, 0.25) is 0 Å². The molecule has 7 heteroatoms. The highest BCUT2D eigenvalue weighted by molar-refractivity contribution is 5.94. The Balaban J connectivity index is 1.68. The molecule has 1 aliphatic heterocycles. The fourth-order valence-electron chi connectivity index (χ4n) is 3.20. The maximum Gasteiger partial charge on any atom is 0.312 e. The van der Waals surface area contributed by atoms with Gasteiger partial charge in [-0.3, -0.25) is 9.48 Å². The Morgan fingerprint density at radius 2 is 2.04 bits per heavy atom. The minimum absolute atomic E-state index is 0.0220. The average molecular weight is 341 g/mol. The van der Waals surface area contributed by atoms with Gasteiger partial charge in [0, 0.05) is 25.3 Å². The lowest BCUT2D eigenvalue weighted by Crippen LogP contribution is -2.50. The molecule has 132 valence electrons. The summed E-state index contributed by atoms with van der Waals surface area (Å²) in [6.07, 6.45) is 6.27. The summed E-state index contributed by atoms with van der Waals surface area (Å²) < 4.78 is 1.77. The lowest BCUT2D eigenvalue weighted by Gasteiger charge is -2.35.